The number of carbonyl (C=O) groups is 3. The average molecular weight is 401 g/mol. The first kappa shape index (κ1) is 21.2. The summed E-state index contributed by atoms with van der Waals surface area (Å²) in [4.78, 5) is 45.4. The normalized spacial score (nSPS) is 10.8. The van der Waals surface area contributed by atoms with Crippen LogP contribution in [-0.4, -0.2) is 29.3 Å². The Morgan fingerprint density at radius 3 is 2.48 bits per heavy atom. The maximum absolute atomic E-state index is 13.7. The Morgan fingerprint density at radius 2 is 1.86 bits per heavy atom. The SMILES string of the molecule is CC(=O)NC(=Cc1ccccc1)C(=O)OCC(=O)Nc1cc([N+](=O)[O-])ccc1F. The molecule has 0 aromatic heterocycles. The molecular weight excluding hydrogens is 385 g/mol. The third kappa shape index (κ3) is 6.54. The number of benzene rings is 2. The monoisotopic (exact) mass is 401 g/mol. The summed E-state index contributed by atoms with van der Waals surface area (Å²) in [5.41, 5.74) is -0.436. The molecule has 2 amide bonds. The first-order valence-electron chi connectivity index (χ1n) is 8.21. The number of anilines is 1. The summed E-state index contributed by atoms with van der Waals surface area (Å²) >= 11 is 0. The number of hydrogen-bond donors (Lipinski definition) is 2. The number of amides is 2. The molecule has 2 aromatic carbocycles. The van der Waals surface area contributed by atoms with Gasteiger partial charge in [-0.3, -0.25) is 19.7 Å². The third-order valence-electron chi connectivity index (χ3n) is 3.41. The highest BCUT2D eigenvalue weighted by Crippen LogP contribution is 2.21. The van der Waals surface area contributed by atoms with E-state index in [9.17, 15) is 28.9 Å². The van der Waals surface area contributed by atoms with E-state index in [0.29, 0.717) is 5.56 Å². The van der Waals surface area contributed by atoms with Crippen LogP contribution in [0.4, 0.5) is 15.8 Å². The molecule has 0 saturated heterocycles. The summed E-state index contributed by atoms with van der Waals surface area (Å²) in [5, 5.41) is 15.1. The molecule has 0 aliphatic carbocycles. The van der Waals surface area contributed by atoms with Crippen molar-refractivity contribution in [2.75, 3.05) is 11.9 Å². The van der Waals surface area contributed by atoms with E-state index in [-0.39, 0.29) is 5.70 Å². The fraction of sp³-hybridized carbons (Fsp3) is 0.105. The number of nitro benzene ring substituents is 1. The molecule has 2 rings (SSSR count). The second-order valence-corrected chi connectivity index (χ2v) is 5.70. The molecule has 0 heterocycles. The van der Waals surface area contributed by atoms with Gasteiger partial charge < -0.3 is 15.4 Å². The number of nitrogens with zero attached hydrogens (tertiary/aromatic N) is 1. The van der Waals surface area contributed by atoms with Crippen molar-refractivity contribution >= 4 is 35.2 Å². The van der Waals surface area contributed by atoms with Gasteiger partial charge in [-0.25, -0.2) is 9.18 Å². The van der Waals surface area contributed by atoms with Gasteiger partial charge in [-0.15, -0.1) is 0 Å². The molecule has 0 radical (unpaired) electrons. The van der Waals surface area contributed by atoms with E-state index in [1.807, 2.05) is 0 Å². The van der Waals surface area contributed by atoms with Gasteiger partial charge in [0.05, 0.1) is 10.6 Å². The molecule has 0 aliphatic heterocycles. The van der Waals surface area contributed by atoms with Crippen molar-refractivity contribution in [2.24, 2.45) is 0 Å². The molecular formula is C19H16FN3O6. The quantitative estimate of drug-likeness (QED) is 0.317. The largest absolute Gasteiger partial charge is 0.451 e. The highest BCUT2D eigenvalue weighted by Gasteiger charge is 2.17. The van der Waals surface area contributed by atoms with Crippen molar-refractivity contribution in [1.29, 1.82) is 0 Å². The molecule has 0 fully saturated rings. The molecule has 0 spiro atoms. The van der Waals surface area contributed by atoms with E-state index in [4.69, 9.17) is 4.74 Å². The Balaban J connectivity index is 2.05. The van der Waals surface area contributed by atoms with Gasteiger partial charge in [-0.1, -0.05) is 30.3 Å². The number of esters is 1. The molecule has 150 valence electrons. The Hall–Kier alpha value is -4.08. The van der Waals surface area contributed by atoms with Gasteiger partial charge in [0.2, 0.25) is 5.91 Å². The van der Waals surface area contributed by atoms with Gasteiger partial charge in [0.15, 0.2) is 6.61 Å². The van der Waals surface area contributed by atoms with Crippen molar-refractivity contribution in [3.8, 4) is 0 Å². The standard InChI is InChI=1S/C19H16FN3O6/c1-12(24)21-17(9-13-5-3-2-4-6-13)19(26)29-11-18(25)22-16-10-14(23(27)28)7-8-15(16)20/h2-10H,11H2,1H3,(H,21,24)(H,22,25). The first-order chi connectivity index (χ1) is 13.8. The van der Waals surface area contributed by atoms with E-state index in [2.05, 4.69) is 10.6 Å². The lowest BCUT2D eigenvalue weighted by Gasteiger charge is -2.10. The van der Waals surface area contributed by atoms with Crippen molar-refractivity contribution < 1.29 is 28.4 Å². The van der Waals surface area contributed by atoms with Gasteiger partial charge in [-0.2, -0.15) is 0 Å². The Labute approximate surface area is 164 Å². The summed E-state index contributed by atoms with van der Waals surface area (Å²) in [6.07, 6.45) is 1.36. The van der Waals surface area contributed by atoms with E-state index < -0.39 is 46.5 Å². The van der Waals surface area contributed by atoms with Crippen LogP contribution in [0.15, 0.2) is 54.2 Å². The van der Waals surface area contributed by atoms with Crippen LogP contribution in [0.3, 0.4) is 0 Å². The summed E-state index contributed by atoms with van der Waals surface area (Å²) in [5.74, 6) is -3.32. The predicted octanol–water partition coefficient (Wildman–Crippen LogP) is 2.39. The number of halogens is 1. The van der Waals surface area contributed by atoms with Crippen LogP contribution in [0.2, 0.25) is 0 Å². The predicted molar refractivity (Wildman–Crippen MR) is 101 cm³/mol. The second-order valence-electron chi connectivity index (χ2n) is 5.70. The molecule has 0 saturated carbocycles. The summed E-state index contributed by atoms with van der Waals surface area (Å²) in [6, 6.07) is 11.2. The lowest BCUT2D eigenvalue weighted by molar-refractivity contribution is -0.384. The fourth-order valence-corrected chi connectivity index (χ4v) is 2.17. The Bertz CT molecular complexity index is 975. The number of hydrogen-bond acceptors (Lipinski definition) is 6. The first-order valence-corrected chi connectivity index (χ1v) is 8.21. The smallest absolute Gasteiger partial charge is 0.355 e. The lowest BCUT2D eigenvalue weighted by Crippen LogP contribution is -2.29. The van der Waals surface area contributed by atoms with Gasteiger partial charge in [0, 0.05) is 19.1 Å². The van der Waals surface area contributed by atoms with E-state index in [1.165, 1.54) is 13.0 Å². The zero-order valence-corrected chi connectivity index (χ0v) is 15.2. The molecule has 0 unspecified atom stereocenters. The Kier molecular flexibility index (Phi) is 7.13. The van der Waals surface area contributed by atoms with Crippen LogP contribution in [-0.2, 0) is 19.1 Å². The molecule has 0 bridgehead atoms. The van der Waals surface area contributed by atoms with Gasteiger partial charge >= 0.3 is 5.97 Å². The number of ether oxygens (including phenoxy) is 1. The van der Waals surface area contributed by atoms with Crippen molar-refractivity contribution in [3.63, 3.8) is 0 Å². The fourth-order valence-electron chi connectivity index (χ4n) is 2.17. The van der Waals surface area contributed by atoms with Crippen LogP contribution < -0.4 is 10.6 Å². The van der Waals surface area contributed by atoms with Gasteiger partial charge in [0.1, 0.15) is 11.5 Å². The number of non-ortho nitro benzene ring substituents is 1. The number of carbonyl (C=O) groups excluding carboxylic acids is 3. The van der Waals surface area contributed by atoms with E-state index in [0.717, 1.165) is 18.2 Å². The highest BCUT2D eigenvalue weighted by molar-refractivity contribution is 5.99. The minimum Gasteiger partial charge on any atom is -0.451 e. The van der Waals surface area contributed by atoms with E-state index in [1.54, 1.807) is 30.3 Å². The van der Waals surface area contributed by atoms with Crippen LogP contribution >= 0.6 is 0 Å². The zero-order chi connectivity index (χ0) is 21.4. The van der Waals surface area contributed by atoms with Crippen LogP contribution in [0.25, 0.3) is 6.08 Å². The topological polar surface area (TPSA) is 128 Å². The van der Waals surface area contributed by atoms with Crippen LogP contribution in [0.1, 0.15) is 12.5 Å². The van der Waals surface area contributed by atoms with Crippen molar-refractivity contribution in [1.82, 2.24) is 5.32 Å². The zero-order valence-electron chi connectivity index (χ0n) is 15.2. The summed E-state index contributed by atoms with van der Waals surface area (Å²) in [7, 11) is 0. The minimum absolute atomic E-state index is 0.196. The van der Waals surface area contributed by atoms with Gasteiger partial charge in [-0.05, 0) is 17.7 Å². The maximum atomic E-state index is 13.7. The third-order valence-corrected chi connectivity index (χ3v) is 3.41. The maximum Gasteiger partial charge on any atom is 0.355 e. The molecule has 2 aromatic rings. The van der Waals surface area contributed by atoms with Crippen LogP contribution in [0, 0.1) is 15.9 Å². The number of nitrogens with one attached hydrogen (secondary N) is 2. The Morgan fingerprint density at radius 1 is 1.17 bits per heavy atom. The van der Waals surface area contributed by atoms with Crippen molar-refractivity contribution in [3.05, 3.63) is 75.7 Å². The molecule has 10 heteroatoms. The molecule has 9 nitrogen and oxygen atoms in total. The lowest BCUT2D eigenvalue weighted by atomic mass is 10.2. The number of nitro groups is 1. The minimum atomic E-state index is -0.987. The molecule has 2 N–H and O–H groups in total. The average Bonchev–Trinajstić information content (AvgIpc) is 2.67. The summed E-state index contributed by atoms with van der Waals surface area (Å²) in [6.45, 7) is 0.399. The van der Waals surface area contributed by atoms with Gasteiger partial charge in [0.25, 0.3) is 11.6 Å². The molecule has 0 aliphatic rings. The number of rotatable bonds is 7. The highest BCUT2D eigenvalue weighted by atomic mass is 19.1. The molecule has 0 atom stereocenters. The molecule has 29 heavy (non-hydrogen) atoms. The van der Waals surface area contributed by atoms with Crippen molar-refractivity contribution in [2.45, 2.75) is 6.92 Å². The second kappa shape index (κ2) is 9.74. The van der Waals surface area contributed by atoms with Crippen LogP contribution in [0.5, 0.6) is 0 Å². The summed E-state index contributed by atoms with van der Waals surface area (Å²) < 4.78 is 18.5. The van der Waals surface area contributed by atoms with E-state index >= 15 is 0 Å².